The van der Waals surface area contributed by atoms with Crippen molar-refractivity contribution in [3.63, 3.8) is 0 Å². The summed E-state index contributed by atoms with van der Waals surface area (Å²) in [6.45, 7) is 2.16. The molecule has 0 aliphatic heterocycles. The van der Waals surface area contributed by atoms with Crippen molar-refractivity contribution in [3.05, 3.63) is 11.8 Å². The number of amidine groups is 1. The molecule has 0 saturated heterocycles. The number of rotatable bonds is 8. The summed E-state index contributed by atoms with van der Waals surface area (Å²) in [4.78, 5) is 11.9. The molecule has 1 aromatic rings. The van der Waals surface area contributed by atoms with Crippen LogP contribution in [0.3, 0.4) is 0 Å². The molecule has 0 unspecified atom stereocenters. The molecule has 0 radical (unpaired) electrons. The number of anilines is 1. The van der Waals surface area contributed by atoms with Gasteiger partial charge in [0.05, 0.1) is 11.8 Å². The topological polar surface area (TPSA) is 106 Å². The average Bonchev–Trinajstić information content (AvgIpc) is 2.79. The van der Waals surface area contributed by atoms with Crippen molar-refractivity contribution in [3.8, 4) is 0 Å². The van der Waals surface area contributed by atoms with Crippen LogP contribution in [0.2, 0.25) is 0 Å². The minimum atomic E-state index is -0.0860. The minimum Gasteiger partial charge on any atom is -0.409 e. The summed E-state index contributed by atoms with van der Waals surface area (Å²) >= 11 is 0. The predicted octanol–water partition coefficient (Wildman–Crippen LogP) is 1.81. The molecule has 0 spiro atoms. The van der Waals surface area contributed by atoms with Crippen molar-refractivity contribution in [1.82, 2.24) is 9.78 Å². The van der Waals surface area contributed by atoms with Crippen LogP contribution in [0.1, 0.15) is 51.0 Å². The number of aryl methyl sites for hydroxylation is 1. The van der Waals surface area contributed by atoms with Crippen LogP contribution in [0.25, 0.3) is 0 Å². The first-order valence-electron chi connectivity index (χ1n) is 6.89. The van der Waals surface area contributed by atoms with Gasteiger partial charge in [0, 0.05) is 13.5 Å². The lowest BCUT2D eigenvalue weighted by Crippen LogP contribution is -2.19. The van der Waals surface area contributed by atoms with Gasteiger partial charge in [0.1, 0.15) is 5.82 Å². The van der Waals surface area contributed by atoms with E-state index < -0.39 is 0 Å². The Kier molecular flexibility index (Phi) is 6.55. The highest BCUT2D eigenvalue weighted by atomic mass is 16.4. The first kappa shape index (κ1) is 16.0. The molecule has 0 saturated carbocycles. The molecule has 0 atom stereocenters. The average molecular weight is 281 g/mol. The monoisotopic (exact) mass is 281 g/mol. The van der Waals surface area contributed by atoms with Crippen LogP contribution in [-0.4, -0.2) is 26.7 Å². The SMILES string of the molecule is CCCCCCCC(=O)Nc1c(C(N)=NO)cnn1C. The molecule has 1 rings (SSSR count). The van der Waals surface area contributed by atoms with E-state index in [2.05, 4.69) is 22.5 Å². The smallest absolute Gasteiger partial charge is 0.225 e. The number of nitrogens with one attached hydrogen (secondary N) is 1. The van der Waals surface area contributed by atoms with E-state index >= 15 is 0 Å². The van der Waals surface area contributed by atoms with E-state index in [1.165, 1.54) is 23.7 Å². The summed E-state index contributed by atoms with van der Waals surface area (Å²) in [5.74, 6) is 0.285. The molecule has 0 aliphatic rings. The van der Waals surface area contributed by atoms with Gasteiger partial charge in [-0.05, 0) is 6.42 Å². The first-order chi connectivity index (χ1) is 9.60. The van der Waals surface area contributed by atoms with Gasteiger partial charge in [0.15, 0.2) is 5.84 Å². The molecule has 1 heterocycles. The largest absolute Gasteiger partial charge is 0.409 e. The number of aromatic nitrogens is 2. The van der Waals surface area contributed by atoms with E-state index in [9.17, 15) is 4.79 Å². The van der Waals surface area contributed by atoms with Crippen molar-refractivity contribution in [2.45, 2.75) is 45.4 Å². The highest BCUT2D eigenvalue weighted by molar-refractivity contribution is 6.04. The third-order valence-corrected chi connectivity index (χ3v) is 3.09. The van der Waals surface area contributed by atoms with Gasteiger partial charge < -0.3 is 16.3 Å². The zero-order chi connectivity index (χ0) is 15.0. The van der Waals surface area contributed by atoms with Crippen LogP contribution in [-0.2, 0) is 11.8 Å². The number of hydrogen-bond acceptors (Lipinski definition) is 4. The molecule has 20 heavy (non-hydrogen) atoms. The van der Waals surface area contributed by atoms with Crippen molar-refractivity contribution >= 4 is 17.6 Å². The Morgan fingerprint density at radius 2 is 2.15 bits per heavy atom. The summed E-state index contributed by atoms with van der Waals surface area (Å²) in [6, 6.07) is 0. The van der Waals surface area contributed by atoms with Crippen molar-refractivity contribution in [1.29, 1.82) is 0 Å². The van der Waals surface area contributed by atoms with Gasteiger partial charge in [-0.15, -0.1) is 0 Å². The molecule has 1 aromatic heterocycles. The lowest BCUT2D eigenvalue weighted by atomic mass is 10.1. The maximum Gasteiger partial charge on any atom is 0.225 e. The summed E-state index contributed by atoms with van der Waals surface area (Å²) in [6.07, 6.45) is 7.38. The minimum absolute atomic E-state index is 0.0728. The Balaban J connectivity index is 2.52. The van der Waals surface area contributed by atoms with E-state index in [1.807, 2.05) is 0 Å². The van der Waals surface area contributed by atoms with Gasteiger partial charge in [-0.2, -0.15) is 5.10 Å². The lowest BCUT2D eigenvalue weighted by Gasteiger charge is -2.07. The molecule has 0 aromatic carbocycles. The van der Waals surface area contributed by atoms with Gasteiger partial charge in [-0.1, -0.05) is 37.8 Å². The highest BCUT2D eigenvalue weighted by Crippen LogP contribution is 2.14. The molecule has 7 nitrogen and oxygen atoms in total. The number of amides is 1. The molecular formula is C13H23N5O2. The Bertz CT molecular complexity index is 467. The fourth-order valence-electron chi connectivity index (χ4n) is 1.91. The molecule has 0 aliphatic carbocycles. The number of nitrogens with two attached hydrogens (primary N) is 1. The van der Waals surface area contributed by atoms with Gasteiger partial charge in [-0.3, -0.25) is 9.48 Å². The number of unbranched alkanes of at least 4 members (excludes halogenated alkanes) is 4. The third-order valence-electron chi connectivity index (χ3n) is 3.09. The van der Waals surface area contributed by atoms with Crippen molar-refractivity contribution in [2.24, 2.45) is 17.9 Å². The zero-order valence-corrected chi connectivity index (χ0v) is 12.1. The normalized spacial score (nSPS) is 11.6. The van der Waals surface area contributed by atoms with Crippen LogP contribution in [0, 0.1) is 0 Å². The lowest BCUT2D eigenvalue weighted by molar-refractivity contribution is -0.116. The Hall–Kier alpha value is -2.05. The van der Waals surface area contributed by atoms with Crippen LogP contribution >= 0.6 is 0 Å². The van der Waals surface area contributed by atoms with Gasteiger partial charge in [0.2, 0.25) is 5.91 Å². The van der Waals surface area contributed by atoms with E-state index in [-0.39, 0.29) is 11.7 Å². The summed E-state index contributed by atoms with van der Waals surface area (Å²) < 4.78 is 1.49. The Morgan fingerprint density at radius 1 is 1.45 bits per heavy atom. The number of oxime groups is 1. The van der Waals surface area contributed by atoms with Crippen molar-refractivity contribution in [2.75, 3.05) is 5.32 Å². The second-order valence-electron chi connectivity index (χ2n) is 4.73. The summed E-state index contributed by atoms with van der Waals surface area (Å²) in [7, 11) is 1.69. The number of nitrogens with zero attached hydrogens (tertiary/aromatic N) is 3. The van der Waals surface area contributed by atoms with Gasteiger partial charge in [-0.25, -0.2) is 0 Å². The van der Waals surface area contributed by atoms with E-state index in [0.29, 0.717) is 17.8 Å². The second-order valence-corrected chi connectivity index (χ2v) is 4.73. The maximum absolute atomic E-state index is 11.9. The quantitative estimate of drug-likeness (QED) is 0.222. The molecule has 112 valence electrons. The summed E-state index contributed by atoms with van der Waals surface area (Å²) in [5.41, 5.74) is 5.95. The predicted molar refractivity (Wildman–Crippen MR) is 77.7 cm³/mol. The Labute approximate surface area is 118 Å². The molecule has 0 fully saturated rings. The fourth-order valence-corrected chi connectivity index (χ4v) is 1.91. The zero-order valence-electron chi connectivity index (χ0n) is 12.1. The van der Waals surface area contributed by atoms with Gasteiger partial charge in [0.25, 0.3) is 0 Å². The standard InChI is InChI=1S/C13H23N5O2/c1-3-4-5-6-7-8-11(19)16-13-10(12(14)17-20)9-15-18(13)2/h9,20H,3-8H2,1-2H3,(H2,14,17)(H,16,19). The fraction of sp³-hybridized carbons (Fsp3) is 0.615. The Morgan fingerprint density at radius 3 is 2.80 bits per heavy atom. The van der Waals surface area contributed by atoms with Crippen molar-refractivity contribution < 1.29 is 10.0 Å². The van der Waals surface area contributed by atoms with E-state index in [0.717, 1.165) is 19.3 Å². The summed E-state index contributed by atoms with van der Waals surface area (Å²) in [5, 5.41) is 18.4. The van der Waals surface area contributed by atoms with E-state index in [4.69, 9.17) is 10.9 Å². The molecule has 0 bridgehead atoms. The van der Waals surface area contributed by atoms with Crippen LogP contribution in [0.15, 0.2) is 11.4 Å². The molecule has 4 N–H and O–H groups in total. The number of hydrogen-bond donors (Lipinski definition) is 3. The van der Waals surface area contributed by atoms with Crippen LogP contribution in [0.4, 0.5) is 5.82 Å². The van der Waals surface area contributed by atoms with Crippen LogP contribution < -0.4 is 11.1 Å². The molecular weight excluding hydrogens is 258 g/mol. The van der Waals surface area contributed by atoms with Crippen LogP contribution in [0.5, 0.6) is 0 Å². The third kappa shape index (κ3) is 4.56. The van der Waals surface area contributed by atoms with E-state index in [1.54, 1.807) is 7.05 Å². The van der Waals surface area contributed by atoms with Gasteiger partial charge >= 0.3 is 0 Å². The number of carbonyl (C=O) groups excluding carboxylic acids is 1. The highest BCUT2D eigenvalue weighted by Gasteiger charge is 2.14. The second kappa shape index (κ2) is 8.19. The molecule has 1 amide bonds. The number of carbonyl (C=O) groups is 1. The maximum atomic E-state index is 11.9. The first-order valence-corrected chi connectivity index (χ1v) is 6.89. The molecule has 7 heteroatoms.